The van der Waals surface area contributed by atoms with Crippen LogP contribution in [0, 0.1) is 12.3 Å². The molecule has 5 nitrogen and oxygen atoms in total. The Labute approximate surface area is 131 Å². The van der Waals surface area contributed by atoms with Gasteiger partial charge in [0.2, 0.25) is 10.0 Å². The monoisotopic (exact) mass is 334 g/mol. The van der Waals surface area contributed by atoms with Gasteiger partial charge in [0.05, 0.1) is 5.02 Å². The van der Waals surface area contributed by atoms with Crippen LogP contribution in [0.5, 0.6) is 0 Å². The first-order valence-corrected chi connectivity index (χ1v) is 8.54. The van der Waals surface area contributed by atoms with Gasteiger partial charge in [0, 0.05) is 18.3 Å². The van der Waals surface area contributed by atoms with E-state index < -0.39 is 16.1 Å². The summed E-state index contributed by atoms with van der Waals surface area (Å²) in [6.07, 6.45) is 0.321. The molecule has 0 spiro atoms. The maximum absolute atomic E-state index is 12.5. The van der Waals surface area contributed by atoms with Crippen molar-refractivity contribution in [3.8, 4) is 0 Å². The smallest absolute Gasteiger partial charge is 0.242 e. The molecule has 120 valence electrons. The van der Waals surface area contributed by atoms with Crippen molar-refractivity contribution in [3.05, 3.63) is 22.7 Å². The third-order valence-corrected chi connectivity index (χ3v) is 5.31. The second-order valence-corrected chi connectivity index (χ2v) is 8.28. The first kappa shape index (κ1) is 18.2. The van der Waals surface area contributed by atoms with Crippen LogP contribution < -0.4 is 10.5 Å². The highest BCUT2D eigenvalue weighted by Gasteiger charge is 2.30. The minimum Gasteiger partial charge on any atom is -0.398 e. The van der Waals surface area contributed by atoms with E-state index in [9.17, 15) is 8.42 Å². The molecule has 0 heterocycles. The highest BCUT2D eigenvalue weighted by atomic mass is 35.5. The number of nitrogens with two attached hydrogens (primary N) is 1. The molecule has 0 bridgehead atoms. The van der Waals surface area contributed by atoms with Gasteiger partial charge in [-0.15, -0.1) is 0 Å². The summed E-state index contributed by atoms with van der Waals surface area (Å²) in [5.74, 6) is 0. The van der Waals surface area contributed by atoms with E-state index in [2.05, 4.69) is 4.72 Å². The second kappa shape index (κ2) is 6.52. The van der Waals surface area contributed by atoms with Crippen LogP contribution in [0.3, 0.4) is 0 Å². The summed E-state index contributed by atoms with van der Waals surface area (Å²) >= 11 is 6.04. The molecule has 7 heteroatoms. The van der Waals surface area contributed by atoms with Gasteiger partial charge in [-0.1, -0.05) is 32.4 Å². The molecule has 0 aliphatic rings. The number of halogens is 1. The zero-order chi connectivity index (χ0) is 16.4. The maximum atomic E-state index is 12.5. The number of rotatable bonds is 5. The van der Waals surface area contributed by atoms with Crippen molar-refractivity contribution in [2.24, 2.45) is 5.41 Å². The largest absolute Gasteiger partial charge is 0.398 e. The number of aliphatic hydroxyl groups is 1. The standard InChI is InChI=1S/C14H23ClN2O3S/c1-9-7-10(15)12(8-11(9)16)21(19,20)17-13(5-6-18)14(2,3)4/h7-8,13,17-18H,5-6,16H2,1-4H3. The van der Waals surface area contributed by atoms with Crippen molar-refractivity contribution in [1.82, 2.24) is 4.72 Å². The molecule has 0 radical (unpaired) electrons. The molecule has 1 aromatic rings. The molecule has 0 amide bonds. The van der Waals surface area contributed by atoms with Gasteiger partial charge in [0.1, 0.15) is 4.90 Å². The number of nitrogens with one attached hydrogen (secondary N) is 1. The zero-order valence-corrected chi connectivity index (χ0v) is 14.3. The fourth-order valence-corrected chi connectivity index (χ4v) is 4.02. The Kier molecular flexibility index (Phi) is 5.66. The van der Waals surface area contributed by atoms with E-state index in [1.54, 1.807) is 6.92 Å². The molecule has 0 aromatic heterocycles. The minimum absolute atomic E-state index is 0.0422. The van der Waals surface area contributed by atoms with Crippen LogP contribution in [0.25, 0.3) is 0 Å². The number of hydrogen-bond acceptors (Lipinski definition) is 4. The van der Waals surface area contributed by atoms with Crippen molar-refractivity contribution in [2.75, 3.05) is 12.3 Å². The van der Waals surface area contributed by atoms with Crippen molar-refractivity contribution in [1.29, 1.82) is 0 Å². The summed E-state index contributed by atoms with van der Waals surface area (Å²) < 4.78 is 27.6. The predicted molar refractivity (Wildman–Crippen MR) is 85.9 cm³/mol. The van der Waals surface area contributed by atoms with Crippen LogP contribution in [0.15, 0.2) is 17.0 Å². The van der Waals surface area contributed by atoms with Gasteiger partial charge in [-0.3, -0.25) is 0 Å². The van der Waals surface area contributed by atoms with E-state index in [-0.39, 0.29) is 21.9 Å². The van der Waals surface area contributed by atoms with Gasteiger partial charge in [-0.2, -0.15) is 0 Å². The van der Waals surface area contributed by atoms with Gasteiger partial charge in [-0.25, -0.2) is 13.1 Å². The lowest BCUT2D eigenvalue weighted by Crippen LogP contribution is -2.44. The van der Waals surface area contributed by atoms with Crippen LogP contribution in [0.2, 0.25) is 5.02 Å². The highest BCUT2D eigenvalue weighted by Crippen LogP contribution is 2.29. The van der Waals surface area contributed by atoms with E-state index in [0.717, 1.165) is 5.56 Å². The molecule has 1 atom stereocenters. The lowest BCUT2D eigenvalue weighted by atomic mass is 9.86. The lowest BCUT2D eigenvalue weighted by molar-refractivity contribution is 0.214. The van der Waals surface area contributed by atoms with E-state index >= 15 is 0 Å². The molecule has 1 unspecified atom stereocenters. The Morgan fingerprint density at radius 1 is 1.38 bits per heavy atom. The molecule has 1 aromatic carbocycles. The third-order valence-electron chi connectivity index (χ3n) is 3.37. The molecule has 0 saturated carbocycles. The summed E-state index contributed by atoms with van der Waals surface area (Å²) in [7, 11) is -3.81. The number of benzene rings is 1. The fraction of sp³-hybridized carbons (Fsp3) is 0.571. The number of nitrogen functional groups attached to an aromatic ring is 1. The van der Waals surface area contributed by atoms with Gasteiger partial charge in [-0.05, 0) is 36.5 Å². The van der Waals surface area contributed by atoms with E-state index in [1.165, 1.54) is 12.1 Å². The quantitative estimate of drug-likeness (QED) is 0.720. The number of aryl methyl sites for hydroxylation is 1. The number of hydrogen-bond donors (Lipinski definition) is 3. The predicted octanol–water partition coefficient (Wildman–Crippen LogP) is 2.31. The molecule has 0 saturated heterocycles. The van der Waals surface area contributed by atoms with E-state index in [1.807, 2.05) is 20.8 Å². The average Bonchev–Trinajstić information content (AvgIpc) is 2.31. The zero-order valence-electron chi connectivity index (χ0n) is 12.8. The summed E-state index contributed by atoms with van der Waals surface area (Å²) in [6, 6.07) is 2.48. The molecule has 0 aliphatic carbocycles. The number of anilines is 1. The molecule has 0 aliphatic heterocycles. The van der Waals surface area contributed by atoms with Crippen molar-refractivity contribution in [2.45, 2.75) is 45.1 Å². The Morgan fingerprint density at radius 2 is 1.95 bits per heavy atom. The Hall–Kier alpha value is -0.820. The molecular weight excluding hydrogens is 312 g/mol. The van der Waals surface area contributed by atoms with Crippen molar-refractivity contribution < 1.29 is 13.5 Å². The summed E-state index contributed by atoms with van der Waals surface area (Å²) in [5.41, 5.74) is 6.53. The van der Waals surface area contributed by atoms with Gasteiger partial charge in [0.15, 0.2) is 0 Å². The lowest BCUT2D eigenvalue weighted by Gasteiger charge is -2.31. The van der Waals surface area contributed by atoms with Crippen LogP contribution in [0.1, 0.15) is 32.8 Å². The first-order chi connectivity index (χ1) is 9.49. The Morgan fingerprint density at radius 3 is 2.43 bits per heavy atom. The van der Waals surface area contributed by atoms with Crippen LogP contribution in [-0.2, 0) is 10.0 Å². The summed E-state index contributed by atoms with van der Waals surface area (Å²) in [6.45, 7) is 7.37. The summed E-state index contributed by atoms with van der Waals surface area (Å²) in [5, 5.41) is 9.25. The first-order valence-electron chi connectivity index (χ1n) is 6.68. The van der Waals surface area contributed by atoms with E-state index in [0.29, 0.717) is 12.1 Å². The second-order valence-electron chi connectivity index (χ2n) is 6.19. The van der Waals surface area contributed by atoms with Gasteiger partial charge >= 0.3 is 0 Å². The summed E-state index contributed by atoms with van der Waals surface area (Å²) in [4.78, 5) is -0.0422. The Bertz CT molecular complexity index is 609. The average molecular weight is 335 g/mol. The van der Waals surface area contributed by atoms with Crippen LogP contribution >= 0.6 is 11.6 Å². The Balaban J connectivity index is 3.20. The van der Waals surface area contributed by atoms with Crippen molar-refractivity contribution in [3.63, 3.8) is 0 Å². The SMILES string of the molecule is Cc1cc(Cl)c(S(=O)(=O)NC(CCO)C(C)(C)C)cc1N. The molecule has 0 fully saturated rings. The molecule has 4 N–H and O–H groups in total. The van der Waals surface area contributed by atoms with Gasteiger partial charge < -0.3 is 10.8 Å². The van der Waals surface area contributed by atoms with Crippen LogP contribution in [0.4, 0.5) is 5.69 Å². The molecular formula is C14H23ClN2O3S. The normalized spacial score (nSPS) is 14.2. The third kappa shape index (κ3) is 4.57. The van der Waals surface area contributed by atoms with Crippen LogP contribution in [-0.4, -0.2) is 26.2 Å². The minimum atomic E-state index is -3.81. The fourth-order valence-electron chi connectivity index (χ4n) is 1.92. The molecule has 21 heavy (non-hydrogen) atoms. The maximum Gasteiger partial charge on any atom is 0.242 e. The van der Waals surface area contributed by atoms with Gasteiger partial charge in [0.25, 0.3) is 0 Å². The highest BCUT2D eigenvalue weighted by molar-refractivity contribution is 7.89. The number of aliphatic hydroxyl groups excluding tert-OH is 1. The van der Waals surface area contributed by atoms with E-state index in [4.69, 9.17) is 22.4 Å². The molecule has 1 rings (SSSR count). The van der Waals surface area contributed by atoms with Crippen molar-refractivity contribution >= 4 is 27.3 Å². The topological polar surface area (TPSA) is 92.4 Å². The number of sulfonamides is 1.